The maximum atomic E-state index is 14.3. The van der Waals surface area contributed by atoms with Crippen molar-refractivity contribution in [2.24, 2.45) is 50.9 Å². The number of carboxylic acid groups (broad SMARTS) is 1. The molecule has 0 radical (unpaired) electrons. The Hall–Kier alpha value is -7.11. The van der Waals surface area contributed by atoms with Crippen LogP contribution in [0.25, 0.3) is 0 Å². The molecule has 0 saturated carbocycles. The zero-order chi connectivity index (χ0) is 57.6. The number of carboxylic acids is 1. The minimum Gasteiger partial charge on any atom is -0.478 e. The van der Waals surface area contributed by atoms with Crippen LogP contribution < -0.4 is 77.8 Å². The molecule has 0 aromatic heterocycles. The minimum atomic E-state index is -1.57. The number of aliphatic imine (C=N–C) groups is 1. The first-order chi connectivity index (χ1) is 36.6. The van der Waals surface area contributed by atoms with Gasteiger partial charge < -0.3 is 92.9 Å². The van der Waals surface area contributed by atoms with E-state index in [0.717, 1.165) is 0 Å². The van der Waals surface area contributed by atoms with Gasteiger partial charge in [-0.1, -0.05) is 24.6 Å². The molecule has 1 aliphatic heterocycles. The van der Waals surface area contributed by atoms with E-state index in [9.17, 15) is 58.2 Å². The highest BCUT2D eigenvalue weighted by atomic mass is 16.4. The molecule has 28 heteroatoms. The zero-order valence-electron chi connectivity index (χ0n) is 43.8. The second-order valence-corrected chi connectivity index (χ2v) is 18.6. The Morgan fingerprint density at radius 3 is 1.97 bits per heavy atom. The number of amides is 8. The molecule has 8 atom stereocenters. The number of carbonyl (C=O) groups is 10. The van der Waals surface area contributed by atoms with Crippen molar-refractivity contribution in [3.8, 4) is 0 Å². The number of likely N-dealkylation sites (tertiary alicyclic amines) is 1. The van der Waals surface area contributed by atoms with Crippen LogP contribution in [0.15, 0.2) is 40.9 Å². The highest BCUT2D eigenvalue weighted by Crippen LogP contribution is 2.21. The van der Waals surface area contributed by atoms with E-state index in [0.29, 0.717) is 50.8 Å². The smallest absolute Gasteiger partial charge is 0.331 e. The summed E-state index contributed by atoms with van der Waals surface area (Å²) in [5, 5.41) is 35.4. The molecule has 24 N–H and O–H groups in total. The predicted octanol–water partition coefficient (Wildman–Crippen LogP) is -5.45. The van der Waals surface area contributed by atoms with Crippen LogP contribution in [0.2, 0.25) is 0 Å². The number of hydrogen-bond donors (Lipinski definition) is 16. The van der Waals surface area contributed by atoms with Gasteiger partial charge in [0.25, 0.3) is 0 Å². The normalized spacial score (nSPS) is 16.0. The van der Waals surface area contributed by atoms with Gasteiger partial charge in [0.05, 0.1) is 24.7 Å². The van der Waals surface area contributed by atoms with E-state index < -0.39 is 120 Å². The molecule has 0 aliphatic carbocycles. The topological polar surface area (TPSA) is 507 Å². The number of benzene rings is 1. The van der Waals surface area contributed by atoms with Crippen LogP contribution in [0, 0.1) is 0 Å². The first-order valence-electron chi connectivity index (χ1n) is 25.8. The standard InChI is InChI=1S/C49H82N16O12/c1-28(60-46(74)40(38(67)26-53)64-43(71)32(54)10-2-4-20-50)42(70)59-27-39(68)61-34(12-6-22-52)47(75)65-24-8-13-36(65)45(73)63-35(25-29-14-16-30(17-15-29)41(55)69)44(72)62-33(11-3-5-21-51)37(66)19-18-31(48(76)77)9-7-23-58-49(56)57/h9,14-17,28,32-36,38,40,67H,2-8,10-13,18-27,50-54H2,1H3,(H2,55,69)(H,59,70)(H,60,74)(H,61,68)(H,62,72)(H,63,73)(H,64,71)(H,76,77)(H4,56,57,58)/b31-9+/t28-,32-,33-,34+,35-,36-,38-,40-/m0/s1. The number of aliphatic hydroxyl groups excluding tert-OH is 1. The summed E-state index contributed by atoms with van der Waals surface area (Å²) < 4.78 is 0. The fraction of sp³-hybridized carbons (Fsp3) is 0.612. The molecule has 1 saturated heterocycles. The van der Waals surface area contributed by atoms with Crippen LogP contribution in [0.3, 0.4) is 0 Å². The Bertz CT molecular complexity index is 2210. The molecule has 8 amide bonds. The molecule has 1 aromatic carbocycles. The predicted molar refractivity (Wildman–Crippen MR) is 284 cm³/mol. The third-order valence-electron chi connectivity index (χ3n) is 12.5. The number of ketones is 1. The fourth-order valence-corrected chi connectivity index (χ4v) is 8.15. The third-order valence-corrected chi connectivity index (χ3v) is 12.5. The summed E-state index contributed by atoms with van der Waals surface area (Å²) in [4.78, 5) is 138. The van der Waals surface area contributed by atoms with Gasteiger partial charge in [-0.25, -0.2) is 4.79 Å². The maximum absolute atomic E-state index is 14.3. The lowest BCUT2D eigenvalue weighted by Gasteiger charge is -2.30. The zero-order valence-corrected chi connectivity index (χ0v) is 43.8. The van der Waals surface area contributed by atoms with E-state index in [1.807, 2.05) is 0 Å². The van der Waals surface area contributed by atoms with Crippen molar-refractivity contribution in [1.82, 2.24) is 36.8 Å². The molecule has 0 spiro atoms. The summed E-state index contributed by atoms with van der Waals surface area (Å²) in [5.41, 5.74) is 45.2. The molecule has 1 aliphatic rings. The Kier molecular flexibility index (Phi) is 30.2. The number of aliphatic carboxylic acids is 1. The first kappa shape index (κ1) is 66.0. The summed E-state index contributed by atoms with van der Waals surface area (Å²) in [6, 6.07) is -2.76. The van der Waals surface area contributed by atoms with Crippen molar-refractivity contribution in [1.29, 1.82) is 0 Å². The molecule has 77 heavy (non-hydrogen) atoms. The van der Waals surface area contributed by atoms with Crippen LogP contribution in [-0.4, -0.2) is 174 Å². The number of rotatable bonds is 37. The largest absolute Gasteiger partial charge is 0.478 e. The molecule has 2 rings (SSSR count). The van der Waals surface area contributed by atoms with Gasteiger partial charge in [0.1, 0.15) is 30.2 Å². The number of unbranched alkanes of at least 4 members (excludes halogenated alkanes) is 2. The summed E-state index contributed by atoms with van der Waals surface area (Å²) in [7, 11) is 0. The summed E-state index contributed by atoms with van der Waals surface area (Å²) in [6.45, 7) is 1.23. The Balaban J connectivity index is 2.28. The van der Waals surface area contributed by atoms with E-state index in [1.54, 1.807) is 0 Å². The average Bonchev–Trinajstić information content (AvgIpc) is 3.90. The molecule has 430 valence electrons. The Labute approximate surface area is 447 Å². The van der Waals surface area contributed by atoms with Crippen molar-refractivity contribution < 1.29 is 58.2 Å². The summed E-state index contributed by atoms with van der Waals surface area (Å²) in [6.07, 6.45) is 2.77. The number of Topliss-reactive ketones (excluding diaryl/α,β-unsaturated/α-hetero) is 1. The van der Waals surface area contributed by atoms with Crippen LogP contribution in [0.4, 0.5) is 0 Å². The lowest BCUT2D eigenvalue weighted by atomic mass is 9.97. The molecular weight excluding hydrogens is 1000 g/mol. The van der Waals surface area contributed by atoms with Crippen molar-refractivity contribution in [3.05, 3.63) is 47.0 Å². The highest BCUT2D eigenvalue weighted by Gasteiger charge is 2.39. The van der Waals surface area contributed by atoms with Gasteiger partial charge in [0.15, 0.2) is 11.7 Å². The second-order valence-electron chi connectivity index (χ2n) is 18.6. The van der Waals surface area contributed by atoms with E-state index >= 15 is 0 Å². The summed E-state index contributed by atoms with van der Waals surface area (Å²) in [5.74, 6) is -8.09. The molecular formula is C49H82N16O12. The van der Waals surface area contributed by atoms with Crippen molar-refractivity contribution in [2.45, 2.75) is 145 Å². The number of nitrogens with two attached hydrogens (primary N) is 8. The van der Waals surface area contributed by atoms with Crippen molar-refractivity contribution >= 4 is 65.0 Å². The highest BCUT2D eigenvalue weighted by molar-refractivity contribution is 5.98. The quantitative estimate of drug-likeness (QED) is 0.0128. The third kappa shape index (κ3) is 23.8. The van der Waals surface area contributed by atoms with Crippen molar-refractivity contribution in [3.63, 3.8) is 0 Å². The van der Waals surface area contributed by atoms with Gasteiger partial charge >= 0.3 is 5.97 Å². The van der Waals surface area contributed by atoms with E-state index in [-0.39, 0.29) is 94.5 Å². The fourth-order valence-electron chi connectivity index (χ4n) is 8.15. The van der Waals surface area contributed by atoms with Crippen LogP contribution >= 0.6 is 0 Å². The van der Waals surface area contributed by atoms with Crippen LogP contribution in [0.1, 0.15) is 106 Å². The number of nitrogens with zero attached hydrogens (tertiary/aromatic N) is 2. The van der Waals surface area contributed by atoms with E-state index in [2.05, 4.69) is 36.9 Å². The second kappa shape index (κ2) is 35.3. The SMILES string of the molecule is C[C@H](NC(=O)[C@@H](NC(=O)[C@@H](N)CCCCN)[C@@H](O)CN)C(=O)NCC(=O)N[C@H](CCCN)C(=O)N1CCC[C@H]1C(=O)N[C@@H](Cc1ccc(C(N)=O)cc1)C(=O)N[C@@H](CCCCN)C(=O)CC/C(=C\CCN=C(N)N)C(=O)O. The lowest BCUT2D eigenvalue weighted by Crippen LogP contribution is -2.60. The maximum Gasteiger partial charge on any atom is 0.331 e. The Morgan fingerprint density at radius 2 is 1.38 bits per heavy atom. The van der Waals surface area contributed by atoms with E-state index in [4.69, 9.17) is 45.9 Å². The lowest BCUT2D eigenvalue weighted by molar-refractivity contribution is -0.142. The van der Waals surface area contributed by atoms with Gasteiger partial charge in [0.2, 0.25) is 47.3 Å². The number of primary amides is 1. The number of aliphatic hydroxyl groups is 1. The van der Waals surface area contributed by atoms with E-state index in [1.165, 1.54) is 42.2 Å². The molecule has 1 aromatic rings. The molecule has 1 heterocycles. The Morgan fingerprint density at radius 1 is 0.740 bits per heavy atom. The van der Waals surface area contributed by atoms with Gasteiger partial charge in [-0.2, -0.15) is 0 Å². The average molecular weight is 1090 g/mol. The van der Waals surface area contributed by atoms with Gasteiger partial charge in [-0.15, -0.1) is 0 Å². The minimum absolute atomic E-state index is 0.0349. The van der Waals surface area contributed by atoms with Crippen molar-refractivity contribution in [2.75, 3.05) is 45.8 Å². The monoisotopic (exact) mass is 1090 g/mol. The van der Waals surface area contributed by atoms with Crippen LogP contribution in [0.5, 0.6) is 0 Å². The molecule has 0 bridgehead atoms. The van der Waals surface area contributed by atoms with Gasteiger partial charge in [-0.3, -0.25) is 48.1 Å². The number of guanidine groups is 1. The van der Waals surface area contributed by atoms with Gasteiger partial charge in [-0.05, 0) is 115 Å². The number of hydrogen-bond acceptors (Lipinski definition) is 17. The number of carbonyl (C=O) groups excluding carboxylic acids is 9. The van der Waals surface area contributed by atoms with Gasteiger partial charge in [0, 0.05) is 43.6 Å². The molecule has 0 unspecified atom stereocenters. The first-order valence-corrected chi connectivity index (χ1v) is 25.8. The van der Waals surface area contributed by atoms with Crippen LogP contribution in [-0.2, 0) is 49.6 Å². The number of nitrogens with one attached hydrogen (secondary N) is 6. The molecule has 28 nitrogen and oxygen atoms in total. The molecule has 1 fully saturated rings. The summed E-state index contributed by atoms with van der Waals surface area (Å²) >= 11 is 0.